The predicted molar refractivity (Wildman–Crippen MR) is 36.2 cm³/mol. The number of rotatable bonds is 4. The zero-order valence-electron chi connectivity index (χ0n) is 6.49. The van der Waals surface area contributed by atoms with Crippen molar-refractivity contribution in [2.45, 2.75) is 32.4 Å². The molecule has 0 aromatic rings. The summed E-state index contributed by atoms with van der Waals surface area (Å²) < 4.78 is 34.6. The van der Waals surface area contributed by atoms with Crippen LogP contribution in [0, 0.1) is 5.92 Å². The fourth-order valence-electron chi connectivity index (χ4n) is 0.742. The molecule has 0 aliphatic heterocycles. The summed E-state index contributed by atoms with van der Waals surface area (Å²) in [5, 5.41) is 8.48. The molecule has 0 amide bonds. The van der Waals surface area contributed by atoms with E-state index in [0.29, 0.717) is 6.42 Å². The predicted octanol–water partition coefficient (Wildman–Crippen LogP) is 2.35. The standard InChI is InChI=1S/C7H13F3O/c1-6(5-11)3-2-4-7(8,9)10/h6,11H,2-5H2,1H3/t6-/m1/s1. The highest BCUT2D eigenvalue weighted by molar-refractivity contribution is 4.55. The monoisotopic (exact) mass is 170 g/mol. The molecule has 0 aromatic carbocycles. The van der Waals surface area contributed by atoms with Crippen LogP contribution in [0.25, 0.3) is 0 Å². The molecule has 0 rings (SSSR count). The number of halogens is 3. The van der Waals surface area contributed by atoms with Gasteiger partial charge in [0.05, 0.1) is 0 Å². The Hall–Kier alpha value is -0.250. The molecule has 0 spiro atoms. The van der Waals surface area contributed by atoms with Gasteiger partial charge in [-0.15, -0.1) is 0 Å². The van der Waals surface area contributed by atoms with Crippen molar-refractivity contribution < 1.29 is 18.3 Å². The molecule has 0 aliphatic carbocycles. The first-order chi connectivity index (χ1) is 4.95. The minimum Gasteiger partial charge on any atom is -0.396 e. The summed E-state index contributed by atoms with van der Waals surface area (Å²) >= 11 is 0. The van der Waals surface area contributed by atoms with Gasteiger partial charge in [-0.3, -0.25) is 0 Å². The van der Waals surface area contributed by atoms with Gasteiger partial charge in [0.2, 0.25) is 0 Å². The van der Waals surface area contributed by atoms with Crippen LogP contribution in [0.15, 0.2) is 0 Å². The first kappa shape index (κ1) is 10.8. The van der Waals surface area contributed by atoms with E-state index < -0.39 is 12.6 Å². The lowest BCUT2D eigenvalue weighted by Gasteiger charge is -2.08. The summed E-state index contributed by atoms with van der Waals surface area (Å²) in [5.41, 5.74) is 0. The average Bonchev–Trinajstić information content (AvgIpc) is 1.85. The second-order valence-electron chi connectivity index (χ2n) is 2.80. The van der Waals surface area contributed by atoms with Gasteiger partial charge in [-0.25, -0.2) is 0 Å². The maximum absolute atomic E-state index is 11.5. The molecule has 0 saturated carbocycles. The molecule has 0 unspecified atom stereocenters. The Balaban J connectivity index is 3.28. The summed E-state index contributed by atoms with van der Waals surface area (Å²) in [6.45, 7) is 1.70. The lowest BCUT2D eigenvalue weighted by molar-refractivity contribution is -0.136. The molecule has 0 fully saturated rings. The number of hydrogen-bond acceptors (Lipinski definition) is 1. The van der Waals surface area contributed by atoms with Gasteiger partial charge in [-0.1, -0.05) is 6.92 Å². The van der Waals surface area contributed by atoms with E-state index in [1.807, 2.05) is 0 Å². The smallest absolute Gasteiger partial charge is 0.389 e. The van der Waals surface area contributed by atoms with Crippen LogP contribution in [0.3, 0.4) is 0 Å². The summed E-state index contributed by atoms with van der Waals surface area (Å²) in [7, 11) is 0. The Kier molecular flexibility index (Phi) is 4.49. The fourth-order valence-corrected chi connectivity index (χ4v) is 0.742. The second-order valence-corrected chi connectivity index (χ2v) is 2.80. The summed E-state index contributed by atoms with van der Waals surface area (Å²) in [4.78, 5) is 0. The number of alkyl halides is 3. The summed E-state index contributed by atoms with van der Waals surface area (Å²) in [5.74, 6) is -0.0163. The zero-order chi connectivity index (χ0) is 8.91. The molecule has 0 radical (unpaired) electrons. The second kappa shape index (κ2) is 4.59. The van der Waals surface area contributed by atoms with Crippen LogP contribution in [-0.4, -0.2) is 17.9 Å². The normalized spacial score (nSPS) is 15.0. The van der Waals surface area contributed by atoms with E-state index in [-0.39, 0.29) is 18.9 Å². The Morgan fingerprint density at radius 2 is 1.91 bits per heavy atom. The van der Waals surface area contributed by atoms with Gasteiger partial charge in [0, 0.05) is 13.0 Å². The molecule has 0 saturated heterocycles. The molecule has 1 N–H and O–H groups in total. The Morgan fingerprint density at radius 3 is 2.27 bits per heavy atom. The number of hydrogen-bond donors (Lipinski definition) is 1. The van der Waals surface area contributed by atoms with Crippen molar-refractivity contribution in [3.8, 4) is 0 Å². The lowest BCUT2D eigenvalue weighted by atomic mass is 10.1. The van der Waals surface area contributed by atoms with Crippen molar-refractivity contribution in [1.29, 1.82) is 0 Å². The number of aliphatic hydroxyl groups is 1. The molecule has 11 heavy (non-hydrogen) atoms. The van der Waals surface area contributed by atoms with E-state index in [4.69, 9.17) is 5.11 Å². The van der Waals surface area contributed by atoms with E-state index in [1.165, 1.54) is 0 Å². The van der Waals surface area contributed by atoms with E-state index >= 15 is 0 Å². The molecule has 0 bridgehead atoms. The highest BCUT2D eigenvalue weighted by Crippen LogP contribution is 2.23. The van der Waals surface area contributed by atoms with Gasteiger partial charge >= 0.3 is 6.18 Å². The van der Waals surface area contributed by atoms with Crippen LogP contribution in [0.5, 0.6) is 0 Å². The maximum Gasteiger partial charge on any atom is 0.389 e. The van der Waals surface area contributed by atoms with Crippen LogP contribution in [0.1, 0.15) is 26.2 Å². The third-order valence-electron chi connectivity index (χ3n) is 1.47. The summed E-state index contributed by atoms with van der Waals surface area (Å²) in [6.07, 6.45) is -4.23. The molecule has 0 aromatic heterocycles. The quantitative estimate of drug-likeness (QED) is 0.686. The third kappa shape index (κ3) is 7.65. The molecule has 1 atom stereocenters. The highest BCUT2D eigenvalue weighted by Gasteiger charge is 2.26. The SMILES string of the molecule is C[C@@H](CO)CCCC(F)(F)F. The van der Waals surface area contributed by atoms with Crippen molar-refractivity contribution in [2.24, 2.45) is 5.92 Å². The third-order valence-corrected chi connectivity index (χ3v) is 1.47. The minimum absolute atomic E-state index is 0.0163. The van der Waals surface area contributed by atoms with Gasteiger partial charge in [-0.05, 0) is 18.8 Å². The van der Waals surface area contributed by atoms with Gasteiger partial charge in [0.1, 0.15) is 0 Å². The van der Waals surface area contributed by atoms with Gasteiger partial charge < -0.3 is 5.11 Å². The van der Waals surface area contributed by atoms with Crippen LogP contribution >= 0.6 is 0 Å². The van der Waals surface area contributed by atoms with Crippen molar-refractivity contribution in [1.82, 2.24) is 0 Å². The van der Waals surface area contributed by atoms with E-state index in [9.17, 15) is 13.2 Å². The first-order valence-corrected chi connectivity index (χ1v) is 3.63. The van der Waals surface area contributed by atoms with Crippen LogP contribution in [0.4, 0.5) is 13.2 Å². The molecule has 1 nitrogen and oxygen atoms in total. The van der Waals surface area contributed by atoms with Crippen LogP contribution in [-0.2, 0) is 0 Å². The van der Waals surface area contributed by atoms with Gasteiger partial charge in [0.25, 0.3) is 0 Å². The average molecular weight is 170 g/mol. The van der Waals surface area contributed by atoms with E-state index in [0.717, 1.165) is 0 Å². The highest BCUT2D eigenvalue weighted by atomic mass is 19.4. The van der Waals surface area contributed by atoms with E-state index in [2.05, 4.69) is 0 Å². The lowest BCUT2D eigenvalue weighted by Crippen LogP contribution is -2.08. The molecule has 4 heteroatoms. The van der Waals surface area contributed by atoms with Crippen LogP contribution in [0.2, 0.25) is 0 Å². The first-order valence-electron chi connectivity index (χ1n) is 3.63. The van der Waals surface area contributed by atoms with Crippen LogP contribution < -0.4 is 0 Å². The van der Waals surface area contributed by atoms with Gasteiger partial charge in [0.15, 0.2) is 0 Å². The van der Waals surface area contributed by atoms with Crippen molar-refractivity contribution in [3.05, 3.63) is 0 Å². The minimum atomic E-state index is -4.05. The maximum atomic E-state index is 11.5. The van der Waals surface area contributed by atoms with Crippen molar-refractivity contribution in [3.63, 3.8) is 0 Å². The Bertz CT molecular complexity index is 100. The largest absolute Gasteiger partial charge is 0.396 e. The Morgan fingerprint density at radius 1 is 1.36 bits per heavy atom. The molecular formula is C7H13F3O. The number of aliphatic hydroxyl groups excluding tert-OH is 1. The fraction of sp³-hybridized carbons (Fsp3) is 1.00. The van der Waals surface area contributed by atoms with Gasteiger partial charge in [-0.2, -0.15) is 13.2 Å². The Labute approximate surface area is 64.2 Å². The molecule has 0 heterocycles. The molecular weight excluding hydrogens is 157 g/mol. The zero-order valence-corrected chi connectivity index (χ0v) is 6.49. The molecule has 0 aliphatic rings. The summed E-state index contributed by atoms with van der Waals surface area (Å²) in [6, 6.07) is 0. The van der Waals surface area contributed by atoms with E-state index in [1.54, 1.807) is 6.92 Å². The topological polar surface area (TPSA) is 20.2 Å². The van der Waals surface area contributed by atoms with Crippen molar-refractivity contribution >= 4 is 0 Å². The van der Waals surface area contributed by atoms with Crippen molar-refractivity contribution in [2.75, 3.05) is 6.61 Å². The molecule has 68 valence electrons.